The zero-order valence-electron chi connectivity index (χ0n) is 6.30. The third-order valence-electron chi connectivity index (χ3n) is 1.94. The maximum absolute atomic E-state index is 11.7. The van der Waals surface area contributed by atoms with Crippen LogP contribution >= 0.6 is 17.7 Å². The van der Waals surface area contributed by atoms with E-state index >= 15 is 0 Å². The van der Waals surface area contributed by atoms with Crippen LogP contribution in [0.15, 0.2) is 12.2 Å². The lowest BCUT2D eigenvalue weighted by molar-refractivity contribution is 0.580. The second kappa shape index (κ2) is 3.15. The van der Waals surface area contributed by atoms with E-state index in [0.717, 1.165) is 25.2 Å². The second-order valence-electron chi connectivity index (χ2n) is 2.69. The molecular weight excluding hydrogens is 163 g/mol. The number of hydrogen-bond donors (Lipinski definition) is 0. The van der Waals surface area contributed by atoms with E-state index in [4.69, 9.17) is 0 Å². The highest BCUT2D eigenvalue weighted by atomic mass is 32.7. The molecule has 0 spiro atoms. The molecule has 58 valence electrons. The van der Waals surface area contributed by atoms with E-state index in [-0.39, 0.29) is 0 Å². The summed E-state index contributed by atoms with van der Waals surface area (Å²) in [6.07, 6.45) is 3.91. The highest BCUT2D eigenvalue weighted by Gasteiger charge is 2.24. The Morgan fingerprint density at radius 1 is 1.50 bits per heavy atom. The monoisotopic (exact) mass is 176 g/mol. The molecule has 0 aliphatic carbocycles. The molecule has 1 aliphatic heterocycles. The van der Waals surface area contributed by atoms with Crippen molar-refractivity contribution in [1.82, 2.24) is 0 Å². The fraction of sp³-hybridized carbons (Fsp3) is 0.714. The Labute approximate surface area is 66.4 Å². The zero-order chi connectivity index (χ0) is 7.61. The van der Waals surface area contributed by atoms with Gasteiger partial charge in [-0.1, -0.05) is 23.5 Å². The van der Waals surface area contributed by atoms with Crippen LogP contribution in [0.2, 0.25) is 0 Å². The molecular formula is C7H13OPS. The molecule has 1 heterocycles. The van der Waals surface area contributed by atoms with E-state index in [1.54, 1.807) is 11.4 Å². The standard InChI is InChI=1S/C7H13OPS/c1-7-3-5-9(8,10-2)6-4-7/h1,3-6H2,2H3. The van der Waals surface area contributed by atoms with Gasteiger partial charge in [-0.15, -0.1) is 0 Å². The van der Waals surface area contributed by atoms with Gasteiger partial charge in [0.1, 0.15) is 6.34 Å². The first-order chi connectivity index (χ1) is 4.66. The molecule has 0 radical (unpaired) electrons. The summed E-state index contributed by atoms with van der Waals surface area (Å²) < 4.78 is 11.7. The van der Waals surface area contributed by atoms with Crippen molar-refractivity contribution in [2.75, 3.05) is 18.6 Å². The molecule has 1 rings (SSSR count). The minimum Gasteiger partial charge on any atom is -0.312 e. The van der Waals surface area contributed by atoms with E-state index in [0.29, 0.717) is 0 Å². The number of rotatable bonds is 1. The molecule has 0 atom stereocenters. The highest BCUT2D eigenvalue weighted by molar-refractivity contribution is 8.57. The van der Waals surface area contributed by atoms with Gasteiger partial charge >= 0.3 is 0 Å². The number of allylic oxidation sites excluding steroid dienone is 1. The molecule has 1 aliphatic rings. The van der Waals surface area contributed by atoms with Crippen molar-refractivity contribution in [3.05, 3.63) is 12.2 Å². The lowest BCUT2D eigenvalue weighted by atomic mass is 10.2. The van der Waals surface area contributed by atoms with Crippen molar-refractivity contribution in [1.29, 1.82) is 0 Å². The van der Waals surface area contributed by atoms with Crippen LogP contribution in [0.1, 0.15) is 12.8 Å². The van der Waals surface area contributed by atoms with E-state index in [1.165, 1.54) is 5.57 Å². The third kappa shape index (κ3) is 1.90. The van der Waals surface area contributed by atoms with Gasteiger partial charge in [0.25, 0.3) is 0 Å². The first-order valence-corrected chi connectivity index (χ1v) is 7.37. The van der Waals surface area contributed by atoms with Crippen LogP contribution < -0.4 is 0 Å². The second-order valence-corrected chi connectivity index (χ2v) is 8.67. The molecule has 10 heavy (non-hydrogen) atoms. The van der Waals surface area contributed by atoms with Crippen molar-refractivity contribution in [3.63, 3.8) is 0 Å². The van der Waals surface area contributed by atoms with Crippen molar-refractivity contribution in [2.45, 2.75) is 12.8 Å². The Bertz CT molecular complexity index is 174. The molecule has 1 fully saturated rings. The maximum atomic E-state index is 11.7. The first-order valence-electron chi connectivity index (χ1n) is 3.47. The van der Waals surface area contributed by atoms with Gasteiger partial charge in [-0.05, 0) is 19.1 Å². The van der Waals surface area contributed by atoms with Crippen LogP contribution in [0.25, 0.3) is 0 Å². The fourth-order valence-electron chi connectivity index (χ4n) is 1.08. The summed E-state index contributed by atoms with van der Waals surface area (Å²) in [7, 11) is 0. The van der Waals surface area contributed by atoms with E-state index in [9.17, 15) is 4.57 Å². The highest BCUT2D eigenvalue weighted by Crippen LogP contribution is 2.60. The average molecular weight is 176 g/mol. The molecule has 0 bridgehead atoms. The molecule has 0 amide bonds. The van der Waals surface area contributed by atoms with Crippen LogP contribution in [0.4, 0.5) is 0 Å². The predicted octanol–water partition coefficient (Wildman–Crippen LogP) is 2.98. The van der Waals surface area contributed by atoms with Crippen molar-refractivity contribution >= 4 is 17.7 Å². The van der Waals surface area contributed by atoms with Crippen LogP contribution in [-0.4, -0.2) is 18.6 Å². The van der Waals surface area contributed by atoms with Gasteiger partial charge in [0, 0.05) is 12.3 Å². The Morgan fingerprint density at radius 3 is 2.40 bits per heavy atom. The van der Waals surface area contributed by atoms with E-state index in [2.05, 4.69) is 6.58 Å². The SMILES string of the molecule is C=C1CCP(=O)(SC)CC1. The van der Waals surface area contributed by atoms with Gasteiger partial charge in [0.2, 0.25) is 0 Å². The Hall–Kier alpha value is 0.320. The molecule has 0 aromatic carbocycles. The molecule has 3 heteroatoms. The van der Waals surface area contributed by atoms with Crippen molar-refractivity contribution in [3.8, 4) is 0 Å². The Balaban J connectivity index is 2.54. The molecule has 1 nitrogen and oxygen atoms in total. The van der Waals surface area contributed by atoms with Crippen LogP contribution in [-0.2, 0) is 4.57 Å². The minimum atomic E-state index is -1.78. The largest absolute Gasteiger partial charge is 0.312 e. The summed E-state index contributed by atoms with van der Waals surface area (Å²) in [4.78, 5) is 0. The van der Waals surface area contributed by atoms with Gasteiger partial charge in [-0.2, -0.15) is 0 Å². The van der Waals surface area contributed by atoms with Crippen molar-refractivity contribution < 1.29 is 4.57 Å². The molecule has 0 saturated carbocycles. The maximum Gasteiger partial charge on any atom is 0.139 e. The summed E-state index contributed by atoms with van der Waals surface area (Å²) in [5.41, 5.74) is 1.28. The topological polar surface area (TPSA) is 17.1 Å². The molecule has 1 saturated heterocycles. The molecule has 0 aromatic rings. The molecule has 0 N–H and O–H groups in total. The summed E-state index contributed by atoms with van der Waals surface area (Å²) >= 11 is 1.56. The fourth-order valence-corrected chi connectivity index (χ4v) is 4.62. The summed E-state index contributed by atoms with van der Waals surface area (Å²) in [5, 5.41) is 0. The Kier molecular flexibility index (Phi) is 2.65. The van der Waals surface area contributed by atoms with Gasteiger partial charge in [0.15, 0.2) is 0 Å². The lowest BCUT2D eigenvalue weighted by Gasteiger charge is -2.21. The summed E-state index contributed by atoms with van der Waals surface area (Å²) in [5.74, 6) is 0. The normalized spacial score (nSPS) is 24.7. The number of hydrogen-bond acceptors (Lipinski definition) is 2. The quantitative estimate of drug-likeness (QED) is 0.451. The van der Waals surface area contributed by atoms with E-state index < -0.39 is 6.34 Å². The van der Waals surface area contributed by atoms with Gasteiger partial charge in [-0.25, -0.2) is 0 Å². The van der Waals surface area contributed by atoms with Gasteiger partial charge < -0.3 is 4.57 Å². The van der Waals surface area contributed by atoms with Crippen molar-refractivity contribution in [2.24, 2.45) is 0 Å². The lowest BCUT2D eigenvalue weighted by Crippen LogP contribution is -2.02. The predicted molar refractivity (Wildman–Crippen MR) is 49.2 cm³/mol. The van der Waals surface area contributed by atoms with Gasteiger partial charge in [-0.3, -0.25) is 0 Å². The molecule has 0 unspecified atom stereocenters. The first kappa shape index (κ1) is 8.42. The zero-order valence-corrected chi connectivity index (χ0v) is 8.01. The van der Waals surface area contributed by atoms with Crippen LogP contribution in [0.5, 0.6) is 0 Å². The van der Waals surface area contributed by atoms with Crippen LogP contribution in [0.3, 0.4) is 0 Å². The summed E-state index contributed by atoms with van der Waals surface area (Å²) in [6, 6.07) is 0. The summed E-state index contributed by atoms with van der Waals surface area (Å²) in [6.45, 7) is 3.88. The third-order valence-corrected chi connectivity index (χ3v) is 7.51. The molecule has 0 aromatic heterocycles. The Morgan fingerprint density at radius 2 is 2.00 bits per heavy atom. The minimum absolute atomic E-state index is 0.882. The van der Waals surface area contributed by atoms with Crippen LogP contribution in [0, 0.1) is 0 Å². The average Bonchev–Trinajstić information content (AvgIpc) is 1.96. The van der Waals surface area contributed by atoms with Gasteiger partial charge in [0.05, 0.1) is 0 Å². The smallest absolute Gasteiger partial charge is 0.139 e. The van der Waals surface area contributed by atoms with E-state index in [1.807, 2.05) is 6.26 Å².